The van der Waals surface area contributed by atoms with Gasteiger partial charge in [0, 0.05) is 23.0 Å². The van der Waals surface area contributed by atoms with Crippen LogP contribution >= 0.6 is 23.4 Å². The number of anilines is 1. The molecule has 2 aromatic rings. The number of thioether (sulfide) groups is 1. The summed E-state index contributed by atoms with van der Waals surface area (Å²) in [7, 11) is 0. The molecule has 0 aliphatic carbocycles. The number of hydrogen-bond acceptors (Lipinski definition) is 5. The Bertz CT molecular complexity index is 1130. The summed E-state index contributed by atoms with van der Waals surface area (Å²) in [5.74, 6) is -0.303. The number of halogens is 1. The Morgan fingerprint density at radius 3 is 2.53 bits per heavy atom. The number of nitrogens with zero attached hydrogens (tertiary/aromatic N) is 2. The number of nitrogens with one attached hydrogen (secondary N) is 2. The zero-order valence-corrected chi connectivity index (χ0v) is 19.3. The van der Waals surface area contributed by atoms with Gasteiger partial charge < -0.3 is 15.5 Å². The van der Waals surface area contributed by atoms with Crippen molar-refractivity contribution in [2.75, 3.05) is 11.9 Å². The van der Waals surface area contributed by atoms with Gasteiger partial charge in [0.25, 0.3) is 5.91 Å². The fourth-order valence-corrected chi connectivity index (χ4v) is 4.85. The number of amidine groups is 1. The minimum Gasteiger partial charge on any atom is -0.356 e. The van der Waals surface area contributed by atoms with Crippen LogP contribution in [0.5, 0.6) is 0 Å². The molecule has 0 fully saturated rings. The highest BCUT2D eigenvalue weighted by molar-refractivity contribution is 8.16. The van der Waals surface area contributed by atoms with Gasteiger partial charge in [-0.3, -0.25) is 9.59 Å². The topological polar surface area (TPSA) is 73.8 Å². The zero-order valence-electron chi connectivity index (χ0n) is 17.8. The molecule has 2 heterocycles. The van der Waals surface area contributed by atoms with Gasteiger partial charge in [0.2, 0.25) is 5.91 Å². The van der Waals surface area contributed by atoms with Crippen molar-refractivity contribution >= 4 is 46.0 Å². The van der Waals surface area contributed by atoms with Crippen molar-refractivity contribution in [3.8, 4) is 0 Å². The third kappa shape index (κ3) is 4.59. The van der Waals surface area contributed by atoms with E-state index in [1.54, 1.807) is 12.1 Å². The molecular formula is C24H23ClN4O2S. The first-order valence-electron chi connectivity index (χ1n) is 10.3. The average molecular weight is 467 g/mol. The maximum atomic E-state index is 13.5. The highest BCUT2D eigenvalue weighted by Gasteiger charge is 2.40. The summed E-state index contributed by atoms with van der Waals surface area (Å²) in [4.78, 5) is 32.5. The lowest BCUT2D eigenvalue weighted by atomic mass is 9.93. The first-order chi connectivity index (χ1) is 15.5. The standard InChI is InChI=1S/C24H23ClN4O2S/c1-3-26-20(30)13-19-14-32-24-27-15(2)21(23(31)28-18-7-5-4-6-8-18)22(29(19)24)16-9-11-17(25)12-10-16/h4-12,14,22H,3,13H2,1-2H3,(H,26,30)(H,28,31)/t22-/m0/s1. The van der Waals surface area contributed by atoms with Gasteiger partial charge in [-0.05, 0) is 49.1 Å². The number of benzene rings is 2. The molecule has 164 valence electrons. The van der Waals surface area contributed by atoms with Gasteiger partial charge in [-0.2, -0.15) is 0 Å². The molecule has 0 saturated carbocycles. The maximum Gasteiger partial charge on any atom is 0.255 e. The normalized spacial score (nSPS) is 17.5. The van der Waals surface area contributed by atoms with Crippen molar-refractivity contribution in [3.63, 3.8) is 0 Å². The van der Waals surface area contributed by atoms with Gasteiger partial charge in [-0.1, -0.05) is 53.7 Å². The third-order valence-corrected chi connectivity index (χ3v) is 6.32. The Labute approximate surface area is 196 Å². The summed E-state index contributed by atoms with van der Waals surface area (Å²) in [6, 6.07) is 16.3. The number of amides is 2. The van der Waals surface area contributed by atoms with Crippen molar-refractivity contribution < 1.29 is 9.59 Å². The summed E-state index contributed by atoms with van der Waals surface area (Å²) >= 11 is 7.59. The summed E-state index contributed by atoms with van der Waals surface area (Å²) in [5.41, 5.74) is 3.58. The third-order valence-electron chi connectivity index (χ3n) is 5.18. The number of fused-ring (bicyclic) bond motifs is 1. The van der Waals surface area contributed by atoms with Crippen LogP contribution < -0.4 is 10.6 Å². The van der Waals surface area contributed by atoms with Crippen LogP contribution in [-0.2, 0) is 9.59 Å². The molecule has 6 nitrogen and oxygen atoms in total. The molecule has 0 saturated heterocycles. The van der Waals surface area contributed by atoms with Crippen LogP contribution in [0.2, 0.25) is 5.02 Å². The molecule has 1 atom stereocenters. The van der Waals surface area contributed by atoms with Crippen LogP contribution in [0.4, 0.5) is 5.69 Å². The molecule has 0 spiro atoms. The number of aliphatic imine (C=N–C) groups is 1. The lowest BCUT2D eigenvalue weighted by Gasteiger charge is -2.36. The SMILES string of the molecule is CCNC(=O)CC1=CSC2=NC(C)=C(C(=O)Nc3ccccc3)[C@H](c3ccc(Cl)cc3)N12. The molecular weight excluding hydrogens is 444 g/mol. The second kappa shape index (κ2) is 9.63. The Morgan fingerprint density at radius 1 is 1.12 bits per heavy atom. The Balaban J connectivity index is 1.74. The molecule has 0 bridgehead atoms. The van der Waals surface area contributed by atoms with Gasteiger partial charge >= 0.3 is 0 Å². The fourth-order valence-electron chi connectivity index (χ4n) is 3.76. The molecule has 32 heavy (non-hydrogen) atoms. The van der Waals surface area contributed by atoms with Crippen LogP contribution in [0.1, 0.15) is 31.9 Å². The fraction of sp³-hybridized carbons (Fsp3) is 0.208. The first kappa shape index (κ1) is 22.2. The van der Waals surface area contributed by atoms with Crippen molar-refractivity contribution in [2.24, 2.45) is 4.99 Å². The second-order valence-electron chi connectivity index (χ2n) is 7.40. The number of para-hydroxylation sites is 1. The first-order valence-corrected chi connectivity index (χ1v) is 11.6. The van der Waals surface area contributed by atoms with E-state index in [1.807, 2.05) is 66.6 Å². The molecule has 2 aliphatic rings. The molecule has 2 amide bonds. The van der Waals surface area contributed by atoms with Gasteiger partial charge in [0.05, 0.1) is 23.7 Å². The molecule has 0 unspecified atom stereocenters. The second-order valence-corrected chi connectivity index (χ2v) is 8.67. The minimum absolute atomic E-state index is 0.0722. The van der Waals surface area contributed by atoms with Crippen molar-refractivity contribution in [3.05, 3.63) is 87.6 Å². The van der Waals surface area contributed by atoms with Crippen molar-refractivity contribution in [1.82, 2.24) is 10.2 Å². The quantitative estimate of drug-likeness (QED) is 0.622. The zero-order chi connectivity index (χ0) is 22.7. The largest absolute Gasteiger partial charge is 0.356 e. The summed E-state index contributed by atoms with van der Waals surface area (Å²) < 4.78 is 0. The van der Waals surface area contributed by atoms with Crippen LogP contribution in [0.15, 0.2) is 82.0 Å². The smallest absolute Gasteiger partial charge is 0.255 e. The number of carbonyl (C=O) groups excluding carboxylic acids is 2. The summed E-state index contributed by atoms with van der Waals surface area (Å²) in [6.45, 7) is 4.29. The molecule has 0 aromatic heterocycles. The van der Waals surface area contributed by atoms with E-state index in [2.05, 4.69) is 10.6 Å². The highest BCUT2D eigenvalue weighted by Crippen LogP contribution is 2.44. The molecule has 2 N–H and O–H groups in total. The van der Waals surface area contributed by atoms with Crippen molar-refractivity contribution in [1.29, 1.82) is 0 Å². The molecule has 0 radical (unpaired) electrons. The van der Waals surface area contributed by atoms with Gasteiger partial charge in [-0.25, -0.2) is 4.99 Å². The molecule has 2 aliphatic heterocycles. The molecule has 4 rings (SSSR count). The Hall–Kier alpha value is -3.03. The van der Waals surface area contributed by atoms with E-state index < -0.39 is 6.04 Å². The Kier molecular flexibility index (Phi) is 6.67. The summed E-state index contributed by atoms with van der Waals surface area (Å²) in [5, 5.41) is 9.12. The molecule has 2 aromatic carbocycles. The Morgan fingerprint density at radius 2 is 1.84 bits per heavy atom. The molecule has 8 heteroatoms. The number of hydrogen-bond donors (Lipinski definition) is 2. The predicted octanol–water partition coefficient (Wildman–Crippen LogP) is 5.08. The van der Waals surface area contributed by atoms with E-state index in [-0.39, 0.29) is 18.2 Å². The van der Waals surface area contributed by atoms with Crippen LogP contribution in [0.3, 0.4) is 0 Å². The number of rotatable bonds is 6. The van der Waals surface area contributed by atoms with E-state index in [0.29, 0.717) is 28.5 Å². The lowest BCUT2D eigenvalue weighted by molar-refractivity contribution is -0.120. The van der Waals surface area contributed by atoms with E-state index in [4.69, 9.17) is 16.6 Å². The van der Waals surface area contributed by atoms with Crippen LogP contribution in [0, 0.1) is 0 Å². The monoisotopic (exact) mass is 466 g/mol. The van der Waals surface area contributed by atoms with E-state index in [9.17, 15) is 9.59 Å². The van der Waals surface area contributed by atoms with E-state index >= 15 is 0 Å². The highest BCUT2D eigenvalue weighted by atomic mass is 35.5. The lowest BCUT2D eigenvalue weighted by Crippen LogP contribution is -2.38. The van der Waals surface area contributed by atoms with Crippen LogP contribution in [0.25, 0.3) is 0 Å². The number of allylic oxidation sites excluding steroid dienone is 1. The van der Waals surface area contributed by atoms with E-state index in [1.165, 1.54) is 11.8 Å². The average Bonchev–Trinajstić information content (AvgIpc) is 3.16. The number of carbonyl (C=O) groups is 2. The summed E-state index contributed by atoms with van der Waals surface area (Å²) in [6.07, 6.45) is 0.205. The van der Waals surface area contributed by atoms with E-state index in [0.717, 1.165) is 16.4 Å². The minimum atomic E-state index is -0.431. The van der Waals surface area contributed by atoms with Crippen LogP contribution in [-0.4, -0.2) is 28.4 Å². The predicted molar refractivity (Wildman–Crippen MR) is 130 cm³/mol. The van der Waals surface area contributed by atoms with Gasteiger partial charge in [-0.15, -0.1) is 0 Å². The van der Waals surface area contributed by atoms with Crippen molar-refractivity contribution in [2.45, 2.75) is 26.3 Å². The van der Waals surface area contributed by atoms with Gasteiger partial charge in [0.15, 0.2) is 5.17 Å². The van der Waals surface area contributed by atoms with Gasteiger partial charge in [0.1, 0.15) is 0 Å². The maximum absolute atomic E-state index is 13.5.